The van der Waals surface area contributed by atoms with E-state index in [-0.39, 0.29) is 0 Å². The van der Waals surface area contributed by atoms with Gasteiger partial charge in [0.15, 0.2) is 0 Å². The van der Waals surface area contributed by atoms with E-state index in [4.69, 9.17) is 9.53 Å². The van der Waals surface area contributed by atoms with Gasteiger partial charge in [0.05, 0.1) is 5.76 Å². The van der Waals surface area contributed by atoms with Crippen LogP contribution in [0.5, 0.6) is 0 Å². The number of hydrogen-bond donors (Lipinski definition) is 0. The average molecular weight is 431 g/mol. The molecule has 0 atom stereocenters. The van der Waals surface area contributed by atoms with Crippen LogP contribution in [0.15, 0.2) is 61.4 Å². The highest BCUT2D eigenvalue weighted by Crippen LogP contribution is 2.48. The molecular formula is C29H50O2. The molecule has 0 radical (unpaired) electrons. The molecule has 0 aromatic carbocycles. The zero-order valence-electron chi connectivity index (χ0n) is 20.9. The molecule has 0 N–H and O–H groups in total. The molecule has 0 spiro atoms. The van der Waals surface area contributed by atoms with Gasteiger partial charge in [0.1, 0.15) is 13.4 Å². The lowest BCUT2D eigenvalue weighted by molar-refractivity contribution is -0.0979. The van der Waals surface area contributed by atoms with E-state index in [0.29, 0.717) is 12.0 Å². The zero-order valence-corrected chi connectivity index (χ0v) is 20.9. The number of hydrogen-bond acceptors (Lipinski definition) is 2. The smallest absolute Gasteiger partial charge is 0.112 e. The summed E-state index contributed by atoms with van der Waals surface area (Å²) < 4.78 is 5.55. The maximum absolute atomic E-state index is 8.00. The Morgan fingerprint density at radius 1 is 0.839 bits per heavy atom. The third-order valence-corrected chi connectivity index (χ3v) is 5.28. The second kappa shape index (κ2) is 22.8. The van der Waals surface area contributed by atoms with Gasteiger partial charge < -0.3 is 9.53 Å². The second-order valence-corrected chi connectivity index (χ2v) is 8.32. The number of allylic oxidation sites excluding steroid dienone is 5. The summed E-state index contributed by atoms with van der Waals surface area (Å²) in [6.07, 6.45) is 27.8. The molecule has 31 heavy (non-hydrogen) atoms. The number of carbonyl (C=O) groups is 1. The van der Waals surface area contributed by atoms with Crippen LogP contribution >= 0.6 is 0 Å². The predicted molar refractivity (Wildman–Crippen MR) is 139 cm³/mol. The lowest BCUT2D eigenvalue weighted by Crippen LogP contribution is -1.95. The molecular weight excluding hydrogens is 380 g/mol. The van der Waals surface area contributed by atoms with Gasteiger partial charge in [-0.25, -0.2) is 0 Å². The van der Waals surface area contributed by atoms with Crippen LogP contribution in [-0.2, 0) is 9.53 Å². The fourth-order valence-corrected chi connectivity index (χ4v) is 2.77. The van der Waals surface area contributed by atoms with Gasteiger partial charge in [-0.15, -0.1) is 0 Å². The maximum atomic E-state index is 8.00. The van der Waals surface area contributed by atoms with Crippen molar-refractivity contribution >= 4 is 6.79 Å². The van der Waals surface area contributed by atoms with E-state index in [1.807, 2.05) is 6.79 Å². The van der Waals surface area contributed by atoms with E-state index < -0.39 is 0 Å². The molecule has 1 fully saturated rings. The lowest BCUT2D eigenvalue weighted by atomic mass is 10.0. The minimum atomic E-state index is 0.405. The molecule has 2 nitrogen and oxygen atoms in total. The number of unbranched alkanes of at least 4 members (excludes halogenated alkanes) is 7. The molecule has 1 aliphatic rings. The van der Waals surface area contributed by atoms with E-state index in [1.165, 1.54) is 64.2 Å². The van der Waals surface area contributed by atoms with E-state index in [9.17, 15) is 0 Å². The number of rotatable bonds is 17. The van der Waals surface area contributed by atoms with Gasteiger partial charge in [-0.2, -0.15) is 0 Å². The van der Waals surface area contributed by atoms with Crippen molar-refractivity contribution in [2.75, 3.05) is 6.61 Å². The Labute approximate surface area is 194 Å². The van der Waals surface area contributed by atoms with E-state index in [2.05, 4.69) is 64.8 Å². The summed E-state index contributed by atoms with van der Waals surface area (Å²) in [5.74, 6) is 0.858. The summed E-state index contributed by atoms with van der Waals surface area (Å²) in [7, 11) is 0. The molecule has 178 valence electrons. The topological polar surface area (TPSA) is 26.3 Å². The van der Waals surface area contributed by atoms with Crippen LogP contribution in [0, 0.1) is 5.41 Å². The van der Waals surface area contributed by atoms with Gasteiger partial charge in [0.25, 0.3) is 0 Å². The predicted octanol–water partition coefficient (Wildman–Crippen LogP) is 9.30. The summed E-state index contributed by atoms with van der Waals surface area (Å²) in [5, 5.41) is 0. The first kappa shape index (κ1) is 31.4. The number of carbonyl (C=O) groups excluding carboxylic acids is 1. The summed E-state index contributed by atoms with van der Waals surface area (Å²) in [6.45, 7) is 20.6. The minimum Gasteiger partial charge on any atom is -0.494 e. The molecule has 0 saturated heterocycles. The largest absolute Gasteiger partial charge is 0.494 e. The van der Waals surface area contributed by atoms with E-state index >= 15 is 0 Å². The maximum Gasteiger partial charge on any atom is 0.112 e. The zero-order chi connectivity index (χ0) is 23.8. The SMILES string of the molecule is C=CC(=C)COC(=C)CCCC/C=C\C1(/C=C\CCCCCC)CC1.C=O.CCCC. The van der Waals surface area contributed by atoms with Crippen LogP contribution in [0.3, 0.4) is 0 Å². The van der Waals surface area contributed by atoms with Crippen molar-refractivity contribution < 1.29 is 9.53 Å². The van der Waals surface area contributed by atoms with Crippen LogP contribution in [0.1, 0.15) is 104 Å². The highest BCUT2D eigenvalue weighted by molar-refractivity contribution is 5.20. The first-order valence-electron chi connectivity index (χ1n) is 12.3. The van der Waals surface area contributed by atoms with Crippen molar-refractivity contribution in [1.82, 2.24) is 0 Å². The van der Waals surface area contributed by atoms with Gasteiger partial charge in [0.2, 0.25) is 0 Å². The Kier molecular flexibility index (Phi) is 23.1. The molecule has 0 aromatic rings. The summed E-state index contributed by atoms with van der Waals surface area (Å²) in [5.41, 5.74) is 1.31. The molecule has 0 heterocycles. The Morgan fingerprint density at radius 3 is 1.84 bits per heavy atom. The molecule has 0 bridgehead atoms. The first-order chi connectivity index (χ1) is 15.0. The van der Waals surface area contributed by atoms with E-state index in [1.54, 1.807) is 6.08 Å². The van der Waals surface area contributed by atoms with Gasteiger partial charge >= 0.3 is 0 Å². The molecule has 0 aromatic heterocycles. The Morgan fingerprint density at radius 2 is 1.39 bits per heavy atom. The third kappa shape index (κ3) is 21.2. The molecule has 0 amide bonds. The van der Waals surface area contributed by atoms with Gasteiger partial charge in [0, 0.05) is 11.8 Å². The highest BCUT2D eigenvalue weighted by atomic mass is 16.5. The fourth-order valence-electron chi connectivity index (χ4n) is 2.77. The molecule has 0 aliphatic heterocycles. The second-order valence-electron chi connectivity index (χ2n) is 8.32. The molecule has 1 aliphatic carbocycles. The van der Waals surface area contributed by atoms with Gasteiger partial charge in [-0.1, -0.05) is 103 Å². The van der Waals surface area contributed by atoms with Crippen LogP contribution in [0.25, 0.3) is 0 Å². The average Bonchev–Trinajstić information content (AvgIpc) is 3.58. The summed E-state index contributed by atoms with van der Waals surface area (Å²) in [6, 6.07) is 0. The van der Waals surface area contributed by atoms with Crippen molar-refractivity contribution in [3.05, 3.63) is 61.4 Å². The quantitative estimate of drug-likeness (QED) is 0.0994. The van der Waals surface area contributed by atoms with Gasteiger partial charge in [-0.3, -0.25) is 0 Å². The summed E-state index contributed by atoms with van der Waals surface area (Å²) in [4.78, 5) is 8.00. The monoisotopic (exact) mass is 430 g/mol. The molecule has 0 unspecified atom stereocenters. The van der Waals surface area contributed by atoms with E-state index in [0.717, 1.165) is 30.6 Å². The standard InChI is InChI=1S/C24H38O.C4H10.CH2O/c1-5-7-8-9-11-14-17-24(19-20-24)18-15-12-10-13-16-23(4)25-21-22(3)6-2;1-3-4-2;1-2/h6,14-15,17-18H,2-5,7-13,16,19-21H2,1H3;3-4H2,1-2H3;1H2/b17-14-,18-15-;;. The van der Waals surface area contributed by atoms with Crippen molar-refractivity contribution in [1.29, 1.82) is 0 Å². The molecule has 2 heteroatoms. The summed E-state index contributed by atoms with van der Waals surface area (Å²) >= 11 is 0. The molecule has 1 saturated carbocycles. The van der Waals surface area contributed by atoms with Crippen LogP contribution in [-0.4, -0.2) is 13.4 Å². The molecule has 1 rings (SSSR count). The Balaban J connectivity index is 0. The van der Waals surface area contributed by atoms with Crippen molar-refractivity contribution in [2.45, 2.75) is 104 Å². The van der Waals surface area contributed by atoms with Gasteiger partial charge in [-0.05, 0) is 50.5 Å². The lowest BCUT2D eigenvalue weighted by Gasteiger charge is -2.08. The van der Waals surface area contributed by atoms with Crippen molar-refractivity contribution in [3.8, 4) is 0 Å². The Hall–Kier alpha value is -1.83. The third-order valence-electron chi connectivity index (χ3n) is 5.28. The highest BCUT2D eigenvalue weighted by Gasteiger charge is 2.36. The van der Waals surface area contributed by atoms with Crippen LogP contribution in [0.2, 0.25) is 0 Å². The Bertz CT molecular complexity index is 507. The van der Waals surface area contributed by atoms with Crippen molar-refractivity contribution in [2.24, 2.45) is 5.41 Å². The van der Waals surface area contributed by atoms with Crippen LogP contribution < -0.4 is 0 Å². The first-order valence-corrected chi connectivity index (χ1v) is 12.3. The fraction of sp³-hybridized carbons (Fsp3) is 0.621. The number of ether oxygens (including phenoxy) is 1. The minimum absolute atomic E-state index is 0.405. The normalized spacial score (nSPS) is 13.6. The van der Waals surface area contributed by atoms with Crippen molar-refractivity contribution in [3.63, 3.8) is 0 Å². The van der Waals surface area contributed by atoms with Crippen LogP contribution in [0.4, 0.5) is 0 Å².